The minimum atomic E-state index is -0.183. The van der Waals surface area contributed by atoms with E-state index in [0.29, 0.717) is 5.82 Å². The van der Waals surface area contributed by atoms with Crippen molar-refractivity contribution < 1.29 is 9.31 Å². The molecule has 2 fully saturated rings. The Labute approximate surface area is 104 Å². The van der Waals surface area contributed by atoms with Gasteiger partial charge >= 0.3 is 7.12 Å². The highest BCUT2D eigenvalue weighted by atomic mass is 35.5. The lowest BCUT2D eigenvalue weighted by atomic mass is 9.80. The van der Waals surface area contributed by atoms with Crippen molar-refractivity contribution in [3.8, 4) is 0 Å². The van der Waals surface area contributed by atoms with Crippen LogP contribution in [-0.4, -0.2) is 24.2 Å². The van der Waals surface area contributed by atoms with Gasteiger partial charge in [-0.2, -0.15) is 0 Å². The fourth-order valence-electron chi connectivity index (χ4n) is 2.34. The first kappa shape index (κ1) is 12.7. The molecule has 1 aliphatic heterocycles. The molecule has 0 bridgehead atoms. The van der Waals surface area contributed by atoms with Crippen LogP contribution >= 0.6 is 11.6 Å². The molecule has 16 heavy (non-hydrogen) atoms. The summed E-state index contributed by atoms with van der Waals surface area (Å²) < 4.78 is 12.1. The van der Waals surface area contributed by atoms with Crippen molar-refractivity contribution in [2.24, 2.45) is 5.92 Å². The van der Waals surface area contributed by atoms with Crippen LogP contribution in [0.15, 0.2) is 0 Å². The molecule has 0 aromatic heterocycles. The first-order valence-corrected chi connectivity index (χ1v) is 6.82. The van der Waals surface area contributed by atoms with Crippen LogP contribution in [0.4, 0.5) is 0 Å². The molecule has 0 amide bonds. The zero-order valence-electron chi connectivity index (χ0n) is 10.8. The fraction of sp³-hybridized carbons (Fsp3) is 1.00. The Morgan fingerprint density at radius 2 is 1.75 bits per heavy atom. The maximum atomic E-state index is 6.04. The molecular formula is C12H22BClO2. The SMILES string of the molecule is CC1(C)OB(C2CC2CCCCl)OC1(C)C. The summed E-state index contributed by atoms with van der Waals surface area (Å²) >= 11 is 5.71. The van der Waals surface area contributed by atoms with Gasteiger partial charge in [0.2, 0.25) is 0 Å². The summed E-state index contributed by atoms with van der Waals surface area (Å²) in [6, 6.07) is 0. The molecule has 1 aliphatic carbocycles. The first-order chi connectivity index (χ1) is 7.37. The maximum Gasteiger partial charge on any atom is 0.461 e. The Hall–Kier alpha value is 0.275. The molecule has 1 saturated heterocycles. The van der Waals surface area contributed by atoms with E-state index in [-0.39, 0.29) is 18.3 Å². The van der Waals surface area contributed by atoms with Gasteiger partial charge in [0.25, 0.3) is 0 Å². The summed E-state index contributed by atoms with van der Waals surface area (Å²) in [5, 5.41) is 0. The average molecular weight is 245 g/mol. The molecular weight excluding hydrogens is 222 g/mol. The number of hydrogen-bond donors (Lipinski definition) is 0. The van der Waals surface area contributed by atoms with E-state index >= 15 is 0 Å². The van der Waals surface area contributed by atoms with E-state index in [1.54, 1.807) is 0 Å². The summed E-state index contributed by atoms with van der Waals surface area (Å²) in [5.74, 6) is 2.14. The Morgan fingerprint density at radius 3 is 2.25 bits per heavy atom. The second-order valence-corrected chi connectivity index (χ2v) is 6.49. The number of rotatable bonds is 4. The molecule has 4 heteroatoms. The van der Waals surface area contributed by atoms with E-state index < -0.39 is 0 Å². The number of halogens is 1. The summed E-state index contributed by atoms with van der Waals surface area (Å²) in [7, 11) is 0.00493. The van der Waals surface area contributed by atoms with Gasteiger partial charge in [0, 0.05) is 5.88 Å². The first-order valence-electron chi connectivity index (χ1n) is 6.29. The smallest absolute Gasteiger partial charge is 0.403 e. The molecule has 0 aromatic rings. The Kier molecular flexibility index (Phi) is 3.33. The van der Waals surface area contributed by atoms with Gasteiger partial charge in [-0.25, -0.2) is 0 Å². The van der Waals surface area contributed by atoms with Gasteiger partial charge in [0.15, 0.2) is 0 Å². The largest absolute Gasteiger partial charge is 0.461 e. The van der Waals surface area contributed by atoms with E-state index in [1.165, 1.54) is 12.8 Å². The third-order valence-electron chi connectivity index (χ3n) is 4.31. The van der Waals surface area contributed by atoms with Gasteiger partial charge in [-0.15, -0.1) is 11.6 Å². The number of hydrogen-bond acceptors (Lipinski definition) is 2. The highest BCUT2D eigenvalue weighted by Crippen LogP contribution is 2.54. The normalized spacial score (nSPS) is 35.4. The van der Waals surface area contributed by atoms with Crippen LogP contribution in [-0.2, 0) is 9.31 Å². The quantitative estimate of drug-likeness (QED) is 0.557. The van der Waals surface area contributed by atoms with Crippen LogP contribution in [0.2, 0.25) is 5.82 Å². The van der Waals surface area contributed by atoms with E-state index in [1.807, 2.05) is 0 Å². The maximum absolute atomic E-state index is 6.04. The summed E-state index contributed by atoms with van der Waals surface area (Å²) in [4.78, 5) is 0. The van der Waals surface area contributed by atoms with Crippen molar-refractivity contribution >= 4 is 18.7 Å². The van der Waals surface area contributed by atoms with Crippen LogP contribution in [0.1, 0.15) is 47.0 Å². The van der Waals surface area contributed by atoms with E-state index in [9.17, 15) is 0 Å². The minimum Gasteiger partial charge on any atom is -0.403 e. The molecule has 0 aromatic carbocycles. The van der Waals surface area contributed by atoms with Gasteiger partial charge in [0.05, 0.1) is 11.2 Å². The highest BCUT2D eigenvalue weighted by Gasteiger charge is 2.59. The van der Waals surface area contributed by atoms with Crippen molar-refractivity contribution in [1.82, 2.24) is 0 Å². The molecule has 2 unspecified atom stereocenters. The molecule has 0 spiro atoms. The monoisotopic (exact) mass is 244 g/mol. The second kappa shape index (κ2) is 4.18. The molecule has 2 nitrogen and oxygen atoms in total. The predicted octanol–water partition coefficient (Wildman–Crippen LogP) is 3.49. The third-order valence-corrected chi connectivity index (χ3v) is 4.57. The Balaban J connectivity index is 1.86. The highest BCUT2D eigenvalue weighted by molar-refractivity contribution is 6.48. The molecule has 0 radical (unpaired) electrons. The molecule has 0 N–H and O–H groups in total. The van der Waals surface area contributed by atoms with E-state index in [4.69, 9.17) is 20.9 Å². The third kappa shape index (κ3) is 2.27. The second-order valence-electron chi connectivity index (χ2n) is 6.12. The standard InChI is InChI=1S/C12H22BClO2/c1-11(2)12(3,4)16-13(15-11)10-8-9(10)6-5-7-14/h9-10H,5-8H2,1-4H3. The van der Waals surface area contributed by atoms with Crippen molar-refractivity contribution in [3.05, 3.63) is 0 Å². The molecule has 2 atom stereocenters. The molecule has 2 aliphatic rings. The Bertz CT molecular complexity index is 252. The average Bonchev–Trinajstić information content (AvgIpc) is 2.87. The summed E-state index contributed by atoms with van der Waals surface area (Å²) in [5.41, 5.74) is -0.366. The van der Waals surface area contributed by atoms with E-state index in [0.717, 1.165) is 18.2 Å². The van der Waals surface area contributed by atoms with Crippen molar-refractivity contribution in [1.29, 1.82) is 0 Å². The summed E-state index contributed by atoms with van der Waals surface area (Å²) in [6.07, 6.45) is 3.58. The zero-order valence-corrected chi connectivity index (χ0v) is 11.5. The number of alkyl halides is 1. The van der Waals surface area contributed by atoms with Crippen molar-refractivity contribution in [2.75, 3.05) is 5.88 Å². The lowest BCUT2D eigenvalue weighted by Gasteiger charge is -2.32. The van der Waals surface area contributed by atoms with Gasteiger partial charge in [-0.1, -0.05) is 0 Å². The van der Waals surface area contributed by atoms with Crippen LogP contribution in [0.3, 0.4) is 0 Å². The molecule has 1 heterocycles. The summed E-state index contributed by atoms with van der Waals surface area (Å²) in [6.45, 7) is 8.46. The fourth-order valence-corrected chi connectivity index (χ4v) is 2.49. The molecule has 2 rings (SSSR count). The van der Waals surface area contributed by atoms with Crippen LogP contribution < -0.4 is 0 Å². The topological polar surface area (TPSA) is 18.5 Å². The van der Waals surface area contributed by atoms with Gasteiger partial charge in [0.1, 0.15) is 0 Å². The van der Waals surface area contributed by atoms with Crippen molar-refractivity contribution in [2.45, 2.75) is 64.0 Å². The molecule has 1 saturated carbocycles. The van der Waals surface area contributed by atoms with Crippen LogP contribution in [0.5, 0.6) is 0 Å². The van der Waals surface area contributed by atoms with E-state index in [2.05, 4.69) is 27.7 Å². The van der Waals surface area contributed by atoms with Gasteiger partial charge in [-0.3, -0.25) is 0 Å². The van der Waals surface area contributed by atoms with Crippen LogP contribution in [0, 0.1) is 5.92 Å². The van der Waals surface area contributed by atoms with Crippen LogP contribution in [0.25, 0.3) is 0 Å². The predicted molar refractivity (Wildman–Crippen MR) is 67.9 cm³/mol. The minimum absolute atomic E-state index is 0.00493. The molecule has 92 valence electrons. The zero-order chi connectivity index (χ0) is 12.0. The van der Waals surface area contributed by atoms with Gasteiger partial charge < -0.3 is 9.31 Å². The lowest BCUT2D eigenvalue weighted by molar-refractivity contribution is 0.00578. The van der Waals surface area contributed by atoms with Crippen molar-refractivity contribution in [3.63, 3.8) is 0 Å². The lowest BCUT2D eigenvalue weighted by Crippen LogP contribution is -2.41. The Morgan fingerprint density at radius 1 is 1.19 bits per heavy atom. The van der Waals surface area contributed by atoms with Gasteiger partial charge in [-0.05, 0) is 58.7 Å².